The summed E-state index contributed by atoms with van der Waals surface area (Å²) in [4.78, 5) is 12.0. The normalized spacial score (nSPS) is 12.5. The number of sulfone groups is 1. The molecule has 0 radical (unpaired) electrons. The highest BCUT2D eigenvalue weighted by molar-refractivity contribution is 7.91. The molecular weight excluding hydrogens is 614 g/mol. The van der Waals surface area contributed by atoms with E-state index in [4.69, 9.17) is 4.55 Å². The second-order valence-corrected chi connectivity index (χ2v) is 13.1. The van der Waals surface area contributed by atoms with Crippen molar-refractivity contribution < 1.29 is 48.4 Å². The lowest BCUT2D eigenvalue weighted by Gasteiger charge is -2.08. The zero-order valence-electron chi connectivity index (χ0n) is 21.1. The minimum Gasteiger partial charge on any atom is -0.505 e. The maximum atomic E-state index is 12.6. The summed E-state index contributed by atoms with van der Waals surface area (Å²) < 4.78 is 91.6. The van der Waals surface area contributed by atoms with Crippen LogP contribution in [0.25, 0.3) is 10.8 Å². The van der Waals surface area contributed by atoms with Gasteiger partial charge in [0.1, 0.15) is 10.6 Å². The van der Waals surface area contributed by atoms with Gasteiger partial charge in [-0.25, -0.2) is 12.6 Å². The van der Waals surface area contributed by atoms with Crippen LogP contribution >= 0.6 is 0 Å². The summed E-state index contributed by atoms with van der Waals surface area (Å²) in [6.07, 6.45) is 0. The lowest BCUT2D eigenvalue weighted by atomic mass is 10.1. The maximum absolute atomic E-state index is 12.6. The summed E-state index contributed by atoms with van der Waals surface area (Å²) in [6, 6.07) is 17.8. The van der Waals surface area contributed by atoms with Crippen LogP contribution in [0.4, 0.5) is 17.1 Å². The number of fused-ring (bicyclic) bond motifs is 1. The third-order valence-corrected chi connectivity index (χ3v) is 8.75. The molecule has 0 bridgehead atoms. The molecule has 220 valence electrons. The second-order valence-electron chi connectivity index (χ2n) is 8.56. The van der Waals surface area contributed by atoms with E-state index in [1.807, 2.05) is 0 Å². The van der Waals surface area contributed by atoms with Crippen molar-refractivity contribution in [2.75, 3.05) is 17.7 Å². The average molecular weight is 636 g/mol. The molecule has 0 saturated carbocycles. The molecule has 0 atom stereocenters. The van der Waals surface area contributed by atoms with E-state index in [0.29, 0.717) is 0 Å². The number of phenols is 1. The summed E-state index contributed by atoms with van der Waals surface area (Å²) in [5.41, 5.74) is 0.508. The van der Waals surface area contributed by atoms with Gasteiger partial charge in [-0.2, -0.15) is 21.9 Å². The smallest absolute Gasteiger partial charge is 0.397 e. The van der Waals surface area contributed by atoms with Crippen LogP contribution in [0.15, 0.2) is 98.9 Å². The molecule has 14 nitrogen and oxygen atoms in total. The third kappa shape index (κ3) is 7.52. The largest absolute Gasteiger partial charge is 0.505 e. The predicted octanol–water partition coefficient (Wildman–Crippen LogP) is 4.05. The van der Waals surface area contributed by atoms with Crippen LogP contribution in [0.3, 0.4) is 0 Å². The number of hydrogen-bond donors (Lipinski definition) is 4. The van der Waals surface area contributed by atoms with Gasteiger partial charge in [0, 0.05) is 22.0 Å². The number of benzene rings is 4. The van der Waals surface area contributed by atoms with Crippen molar-refractivity contribution in [2.24, 2.45) is 10.2 Å². The van der Waals surface area contributed by atoms with E-state index < -0.39 is 53.5 Å². The van der Waals surface area contributed by atoms with Gasteiger partial charge in [-0.15, -0.1) is 5.11 Å². The Labute approximate surface area is 239 Å². The van der Waals surface area contributed by atoms with E-state index in [0.717, 1.165) is 6.07 Å². The Morgan fingerprint density at radius 2 is 1.43 bits per heavy atom. The number of azo groups is 1. The topological polar surface area (TPSA) is 226 Å². The highest BCUT2D eigenvalue weighted by Crippen LogP contribution is 2.39. The molecule has 42 heavy (non-hydrogen) atoms. The Kier molecular flexibility index (Phi) is 8.71. The first-order valence-corrected chi connectivity index (χ1v) is 16.1. The summed E-state index contributed by atoms with van der Waals surface area (Å²) in [7, 11) is -13.3. The Hall–Kier alpha value is -4.26. The van der Waals surface area contributed by atoms with Crippen molar-refractivity contribution in [1.29, 1.82) is 0 Å². The summed E-state index contributed by atoms with van der Waals surface area (Å²) in [5.74, 6) is -1.59. The minimum atomic E-state index is -4.77. The van der Waals surface area contributed by atoms with Crippen LogP contribution in [0.5, 0.6) is 5.75 Å². The molecule has 0 heterocycles. The van der Waals surface area contributed by atoms with Crippen molar-refractivity contribution >= 4 is 64.1 Å². The van der Waals surface area contributed by atoms with Crippen LogP contribution in [-0.2, 0) is 34.5 Å². The van der Waals surface area contributed by atoms with Crippen LogP contribution in [0.1, 0.15) is 10.4 Å². The number of carbonyl (C=O) groups excluding carboxylic acids is 1. The molecule has 1 amide bonds. The first-order chi connectivity index (χ1) is 19.6. The zero-order chi connectivity index (χ0) is 30.7. The maximum Gasteiger partial charge on any atom is 0.397 e. The van der Waals surface area contributed by atoms with Crippen LogP contribution in [0.2, 0.25) is 0 Å². The average Bonchev–Trinajstić information content (AvgIpc) is 2.92. The molecular formula is C25H21N3O11S3. The number of hydrogen-bond acceptors (Lipinski definition) is 11. The number of carbonyl (C=O) groups is 1. The Bertz CT molecular complexity index is 2010. The minimum absolute atomic E-state index is 0.105. The van der Waals surface area contributed by atoms with Crippen LogP contribution in [0, 0.1) is 0 Å². The number of phenolic OH excluding ortho intramolecular Hbond substituents is 1. The fourth-order valence-electron chi connectivity index (χ4n) is 3.71. The highest BCUT2D eigenvalue weighted by Gasteiger charge is 2.20. The first-order valence-electron chi connectivity index (χ1n) is 11.6. The Balaban J connectivity index is 1.45. The van der Waals surface area contributed by atoms with E-state index in [9.17, 15) is 39.7 Å². The van der Waals surface area contributed by atoms with Gasteiger partial charge < -0.3 is 10.4 Å². The molecule has 4 N–H and O–H groups in total. The second kappa shape index (κ2) is 11.9. The monoisotopic (exact) mass is 635 g/mol. The molecule has 0 fully saturated rings. The molecule has 0 saturated heterocycles. The molecule has 4 aromatic rings. The fraction of sp³-hybridized carbons (Fsp3) is 0.0800. The SMILES string of the molecule is O=C(Nc1ccc(S(=O)(=O)CCOS(=O)(=O)O)cc1)c1ccc(N=Nc2cc(S(=O)(=O)O)c3ccccc3c2O)cc1. The highest BCUT2D eigenvalue weighted by atomic mass is 32.3. The predicted molar refractivity (Wildman–Crippen MR) is 150 cm³/mol. The van der Waals surface area contributed by atoms with Gasteiger partial charge in [0.05, 0.1) is 22.9 Å². The zero-order valence-corrected chi connectivity index (χ0v) is 23.6. The number of nitrogens with zero attached hydrogens (tertiary/aromatic N) is 2. The lowest BCUT2D eigenvalue weighted by Crippen LogP contribution is -2.15. The third-order valence-electron chi connectivity index (χ3n) is 5.69. The number of aromatic hydroxyl groups is 1. The number of amides is 1. The van der Waals surface area contributed by atoms with Crippen molar-refractivity contribution in [3.05, 3.63) is 84.4 Å². The van der Waals surface area contributed by atoms with Gasteiger partial charge in [-0.05, 0) is 54.6 Å². The van der Waals surface area contributed by atoms with Gasteiger partial charge >= 0.3 is 10.4 Å². The van der Waals surface area contributed by atoms with Crippen molar-refractivity contribution in [2.45, 2.75) is 9.79 Å². The van der Waals surface area contributed by atoms with Crippen molar-refractivity contribution in [1.82, 2.24) is 0 Å². The Morgan fingerprint density at radius 1 is 0.810 bits per heavy atom. The van der Waals surface area contributed by atoms with Gasteiger partial charge in [-0.3, -0.25) is 13.9 Å². The summed E-state index contributed by atoms with van der Waals surface area (Å²) >= 11 is 0. The molecule has 0 unspecified atom stereocenters. The van der Waals surface area contributed by atoms with E-state index in [1.165, 1.54) is 60.7 Å². The molecule has 0 spiro atoms. The summed E-state index contributed by atoms with van der Waals surface area (Å²) in [6.45, 7) is -0.774. The molecule has 17 heteroatoms. The van der Waals surface area contributed by atoms with Gasteiger partial charge in [0.15, 0.2) is 15.6 Å². The van der Waals surface area contributed by atoms with Crippen LogP contribution in [-0.4, -0.2) is 57.7 Å². The van der Waals surface area contributed by atoms with Gasteiger partial charge in [-0.1, -0.05) is 24.3 Å². The quantitative estimate of drug-likeness (QED) is 0.143. The van der Waals surface area contributed by atoms with E-state index in [-0.39, 0.29) is 44.0 Å². The van der Waals surface area contributed by atoms with E-state index in [1.54, 1.807) is 12.1 Å². The van der Waals surface area contributed by atoms with Crippen molar-refractivity contribution in [3.63, 3.8) is 0 Å². The molecule has 0 aliphatic heterocycles. The molecule has 0 aromatic heterocycles. The lowest BCUT2D eigenvalue weighted by molar-refractivity contribution is 0.102. The molecule has 4 aromatic carbocycles. The molecule has 0 aliphatic rings. The van der Waals surface area contributed by atoms with Gasteiger partial charge in [0.2, 0.25) is 0 Å². The fourth-order valence-corrected chi connectivity index (χ4v) is 5.91. The van der Waals surface area contributed by atoms with E-state index >= 15 is 0 Å². The summed E-state index contributed by atoms with van der Waals surface area (Å²) in [5, 5.41) is 21.2. The van der Waals surface area contributed by atoms with Crippen LogP contribution < -0.4 is 5.32 Å². The van der Waals surface area contributed by atoms with Crippen molar-refractivity contribution in [3.8, 4) is 5.75 Å². The number of anilines is 1. The number of rotatable bonds is 10. The molecule has 0 aliphatic carbocycles. The Morgan fingerprint density at radius 3 is 2.02 bits per heavy atom. The van der Waals surface area contributed by atoms with E-state index in [2.05, 4.69) is 19.7 Å². The van der Waals surface area contributed by atoms with Gasteiger partial charge in [0.25, 0.3) is 16.0 Å². The molecule has 4 rings (SSSR count). The standard InChI is InChI=1S/C25H21N3O11S3/c29-24-21-4-2-1-3-20(21)23(41(33,34)35)15-22(24)28-27-18-7-5-16(6-8-18)25(30)26-17-9-11-19(12-10-17)40(31,32)14-13-39-42(36,37)38/h1-12,15,29H,13-14H2,(H,26,30)(H,33,34,35)(H,36,37,38). The first kappa shape index (κ1) is 30.7. The number of nitrogens with one attached hydrogen (secondary N) is 1.